The van der Waals surface area contributed by atoms with Crippen LogP contribution in [0.1, 0.15) is 6.92 Å². The van der Waals surface area contributed by atoms with E-state index in [1.165, 1.54) is 0 Å². The topological polar surface area (TPSA) is 29.3 Å². The molecule has 0 unspecified atom stereocenters. The second-order valence-corrected chi connectivity index (χ2v) is 1.33. The van der Waals surface area contributed by atoms with Crippen LogP contribution in [0.15, 0.2) is 0 Å². The lowest BCUT2D eigenvalue weighted by Gasteiger charge is -2.06. The summed E-state index contributed by atoms with van der Waals surface area (Å²) in [6, 6.07) is 0. The van der Waals surface area contributed by atoms with Crippen LogP contribution in [0.4, 0.5) is 0 Å². The molecule has 0 aromatic carbocycles. The highest BCUT2D eigenvalue weighted by Crippen LogP contribution is 1.75. The molecule has 2 N–H and O–H groups in total. The Morgan fingerprint density at radius 3 is 2.33 bits per heavy atom. The Morgan fingerprint density at radius 1 is 1.83 bits per heavy atom. The molecule has 0 amide bonds. The zero-order chi connectivity index (χ0) is 4.99. The normalized spacial score (nSPS) is 10.0. The lowest BCUT2D eigenvalue weighted by atomic mass is 10.7. The quantitative estimate of drug-likeness (QED) is 0.226. The van der Waals surface area contributed by atoms with Crippen LogP contribution in [0.5, 0.6) is 0 Å². The fraction of sp³-hybridized carbons (Fsp3) is 1.00. The first-order valence-electron chi connectivity index (χ1n) is 1.91. The Morgan fingerprint density at radius 2 is 2.33 bits per heavy atom. The molecule has 6 heavy (non-hydrogen) atoms. The van der Waals surface area contributed by atoms with Crippen molar-refractivity contribution in [2.75, 3.05) is 12.4 Å². The molecule has 0 radical (unpaired) electrons. The highest BCUT2D eigenvalue weighted by Gasteiger charge is 1.82. The lowest BCUT2D eigenvalue weighted by molar-refractivity contribution is 0.356. The third-order valence-corrected chi connectivity index (χ3v) is 0.951. The Kier molecular flexibility index (Phi) is 3.62. The van der Waals surface area contributed by atoms with Gasteiger partial charge in [-0.3, -0.25) is 5.84 Å². The van der Waals surface area contributed by atoms with Crippen LogP contribution in [-0.4, -0.2) is 17.4 Å². The van der Waals surface area contributed by atoms with Gasteiger partial charge in [0, 0.05) is 6.54 Å². The van der Waals surface area contributed by atoms with Gasteiger partial charge in [-0.05, 0) is 0 Å². The summed E-state index contributed by atoms with van der Waals surface area (Å²) in [5.41, 5.74) is 0. The average molecular weight is 106 g/mol. The Labute approximate surface area is 43.7 Å². The summed E-state index contributed by atoms with van der Waals surface area (Å²) in [6.45, 7) is 2.85. The first kappa shape index (κ1) is 6.27. The molecule has 0 heterocycles. The minimum Gasteiger partial charge on any atom is -0.268 e. The van der Waals surface area contributed by atoms with Gasteiger partial charge < -0.3 is 0 Å². The molecule has 0 rings (SSSR count). The number of hydrazine groups is 1. The van der Waals surface area contributed by atoms with Gasteiger partial charge in [-0.25, -0.2) is 5.01 Å². The molecule has 3 heteroatoms. The third-order valence-electron chi connectivity index (χ3n) is 0.588. The Bertz CT molecular complexity index is 28.0. The standard InChI is InChI=1S/C3H10N2S/c1-2-5(4)3-6/h6H,2-4H2,1H3. The van der Waals surface area contributed by atoms with Gasteiger partial charge in [-0.15, -0.1) is 0 Å². The van der Waals surface area contributed by atoms with Crippen LogP contribution in [0.25, 0.3) is 0 Å². The maximum atomic E-state index is 5.23. The zero-order valence-electron chi connectivity index (χ0n) is 3.89. The van der Waals surface area contributed by atoms with E-state index in [9.17, 15) is 0 Å². The molecular weight excluding hydrogens is 96.1 g/mol. The Hall–Kier alpha value is 0.270. The molecule has 0 aliphatic heterocycles. The SMILES string of the molecule is CCN(N)CS. The van der Waals surface area contributed by atoms with Crippen LogP contribution in [0.3, 0.4) is 0 Å². The minimum atomic E-state index is 0.635. The molecule has 38 valence electrons. The van der Waals surface area contributed by atoms with E-state index < -0.39 is 0 Å². The summed E-state index contributed by atoms with van der Waals surface area (Å²) >= 11 is 3.90. The number of hydrogen-bond acceptors (Lipinski definition) is 3. The van der Waals surface area contributed by atoms with E-state index in [1.807, 2.05) is 6.92 Å². The lowest BCUT2D eigenvalue weighted by Crippen LogP contribution is -2.28. The molecule has 0 fully saturated rings. The smallest absolute Gasteiger partial charge is 0.0555 e. The van der Waals surface area contributed by atoms with E-state index in [2.05, 4.69) is 12.6 Å². The first-order chi connectivity index (χ1) is 2.81. The zero-order valence-corrected chi connectivity index (χ0v) is 4.78. The van der Waals surface area contributed by atoms with Gasteiger partial charge in [-0.2, -0.15) is 12.6 Å². The molecule has 0 saturated heterocycles. The molecule has 0 bridgehead atoms. The largest absolute Gasteiger partial charge is 0.268 e. The fourth-order valence-electron chi connectivity index (χ4n) is 0.1000. The van der Waals surface area contributed by atoms with E-state index >= 15 is 0 Å². The van der Waals surface area contributed by atoms with Crippen LogP contribution in [-0.2, 0) is 0 Å². The number of hydrogen-bond donors (Lipinski definition) is 2. The van der Waals surface area contributed by atoms with Crippen molar-refractivity contribution in [2.45, 2.75) is 6.92 Å². The molecule has 0 aromatic heterocycles. The van der Waals surface area contributed by atoms with Crippen LogP contribution in [0, 0.1) is 0 Å². The van der Waals surface area contributed by atoms with Crippen molar-refractivity contribution in [3.05, 3.63) is 0 Å². The van der Waals surface area contributed by atoms with E-state index in [4.69, 9.17) is 5.84 Å². The average Bonchev–Trinajstić information content (AvgIpc) is 1.65. The predicted molar refractivity (Wildman–Crippen MR) is 30.4 cm³/mol. The molecule has 0 saturated carbocycles. The molecule has 0 aromatic rings. The third kappa shape index (κ3) is 2.50. The molecule has 0 aliphatic carbocycles. The van der Waals surface area contributed by atoms with Crippen LogP contribution < -0.4 is 5.84 Å². The van der Waals surface area contributed by atoms with Gasteiger partial charge in [0.2, 0.25) is 0 Å². The van der Waals surface area contributed by atoms with Crippen molar-refractivity contribution in [3.8, 4) is 0 Å². The van der Waals surface area contributed by atoms with Crippen LogP contribution in [0.2, 0.25) is 0 Å². The van der Waals surface area contributed by atoms with Crippen LogP contribution >= 0.6 is 12.6 Å². The van der Waals surface area contributed by atoms with Gasteiger partial charge in [-0.1, -0.05) is 6.92 Å². The summed E-state index contributed by atoms with van der Waals surface area (Å²) in [5, 5.41) is 1.61. The Balaban J connectivity index is 2.75. The number of nitrogens with zero attached hydrogens (tertiary/aromatic N) is 1. The number of thiol groups is 1. The highest BCUT2D eigenvalue weighted by atomic mass is 32.1. The predicted octanol–water partition coefficient (Wildman–Crippen LogP) is 0.0693. The minimum absolute atomic E-state index is 0.635. The van der Waals surface area contributed by atoms with E-state index in [0.717, 1.165) is 6.54 Å². The second kappa shape index (κ2) is 3.46. The van der Waals surface area contributed by atoms with E-state index in [1.54, 1.807) is 5.01 Å². The molecule has 0 aliphatic rings. The van der Waals surface area contributed by atoms with Gasteiger partial charge >= 0.3 is 0 Å². The fourth-order valence-corrected chi connectivity index (χ4v) is 0.300. The highest BCUT2D eigenvalue weighted by molar-refractivity contribution is 7.80. The van der Waals surface area contributed by atoms with Crippen molar-refractivity contribution in [2.24, 2.45) is 5.84 Å². The first-order valence-corrected chi connectivity index (χ1v) is 2.55. The maximum Gasteiger partial charge on any atom is 0.0555 e. The van der Waals surface area contributed by atoms with Gasteiger partial charge in [0.1, 0.15) is 0 Å². The van der Waals surface area contributed by atoms with E-state index in [-0.39, 0.29) is 0 Å². The number of nitrogens with two attached hydrogens (primary N) is 1. The maximum absolute atomic E-state index is 5.23. The van der Waals surface area contributed by atoms with Crippen molar-refractivity contribution >= 4 is 12.6 Å². The number of rotatable bonds is 2. The molecular formula is C3H10N2S. The van der Waals surface area contributed by atoms with Gasteiger partial charge in [0.05, 0.1) is 5.88 Å². The van der Waals surface area contributed by atoms with Gasteiger partial charge in [0.15, 0.2) is 0 Å². The molecule has 0 spiro atoms. The summed E-state index contributed by atoms with van der Waals surface area (Å²) in [6.07, 6.45) is 0. The van der Waals surface area contributed by atoms with Crippen molar-refractivity contribution in [1.82, 2.24) is 5.01 Å². The summed E-state index contributed by atoms with van der Waals surface area (Å²) in [7, 11) is 0. The van der Waals surface area contributed by atoms with E-state index in [0.29, 0.717) is 5.88 Å². The molecule has 2 nitrogen and oxygen atoms in total. The van der Waals surface area contributed by atoms with Crippen molar-refractivity contribution in [1.29, 1.82) is 0 Å². The summed E-state index contributed by atoms with van der Waals surface area (Å²) in [5.74, 6) is 5.86. The molecule has 0 atom stereocenters. The summed E-state index contributed by atoms with van der Waals surface area (Å²) in [4.78, 5) is 0. The van der Waals surface area contributed by atoms with Crippen molar-refractivity contribution < 1.29 is 0 Å². The van der Waals surface area contributed by atoms with Gasteiger partial charge in [0.25, 0.3) is 0 Å². The monoisotopic (exact) mass is 106 g/mol. The summed E-state index contributed by atoms with van der Waals surface area (Å²) < 4.78 is 0. The van der Waals surface area contributed by atoms with Crippen molar-refractivity contribution in [3.63, 3.8) is 0 Å². The second-order valence-electron chi connectivity index (χ2n) is 1.05.